The first-order valence-corrected chi connectivity index (χ1v) is 9.44. The Kier molecular flexibility index (Phi) is 6.03. The lowest BCUT2D eigenvalue weighted by Gasteiger charge is -2.51. The second kappa shape index (κ2) is 7.68. The van der Waals surface area contributed by atoms with Crippen molar-refractivity contribution < 1.29 is 8.78 Å². The molecule has 2 aromatic carbocycles. The van der Waals surface area contributed by atoms with E-state index in [0.29, 0.717) is 25.7 Å². The quantitative estimate of drug-likeness (QED) is 0.477. The molecule has 0 nitrogen and oxygen atoms in total. The zero-order valence-corrected chi connectivity index (χ0v) is 15.9. The van der Waals surface area contributed by atoms with Gasteiger partial charge in [-0.05, 0) is 36.8 Å². The zero-order valence-electron chi connectivity index (χ0n) is 15.9. The highest BCUT2D eigenvalue weighted by Crippen LogP contribution is 2.57. The summed E-state index contributed by atoms with van der Waals surface area (Å²) in [7, 11) is 0. The van der Waals surface area contributed by atoms with Crippen LogP contribution in [0.5, 0.6) is 0 Å². The minimum atomic E-state index is -2.87. The highest BCUT2D eigenvalue weighted by molar-refractivity contribution is 5.37. The number of hydrogen-bond acceptors (Lipinski definition) is 0. The third-order valence-corrected chi connectivity index (χ3v) is 6.27. The highest BCUT2D eigenvalue weighted by atomic mass is 19.3. The number of benzene rings is 2. The molecule has 0 saturated carbocycles. The molecule has 0 aliphatic carbocycles. The van der Waals surface area contributed by atoms with Gasteiger partial charge in [-0.1, -0.05) is 88.4 Å². The van der Waals surface area contributed by atoms with Crippen LogP contribution < -0.4 is 0 Å². The zero-order chi connectivity index (χ0) is 18.6. The number of rotatable bonds is 8. The van der Waals surface area contributed by atoms with Crippen LogP contribution in [0.2, 0.25) is 0 Å². The van der Waals surface area contributed by atoms with Crippen molar-refractivity contribution in [3.8, 4) is 0 Å². The molecule has 0 aliphatic heterocycles. The Morgan fingerprint density at radius 3 is 1.08 bits per heavy atom. The maximum absolute atomic E-state index is 16.4. The lowest BCUT2D eigenvalue weighted by atomic mass is 9.57. The molecule has 2 aromatic rings. The molecule has 0 bridgehead atoms. The van der Waals surface area contributed by atoms with E-state index in [1.54, 1.807) is 0 Å². The van der Waals surface area contributed by atoms with Crippen molar-refractivity contribution in [2.75, 3.05) is 0 Å². The first kappa shape index (κ1) is 19.6. The summed E-state index contributed by atoms with van der Waals surface area (Å²) in [6.45, 7) is 7.58. The van der Waals surface area contributed by atoms with Crippen LogP contribution in [0, 0.1) is 0 Å². The normalized spacial score (nSPS) is 13.0. The largest absolute Gasteiger partial charge is 0.267 e. The van der Waals surface area contributed by atoms with Gasteiger partial charge in [0.1, 0.15) is 0 Å². The maximum Gasteiger partial charge on any atom is 0.267 e. The van der Waals surface area contributed by atoms with Crippen molar-refractivity contribution in [2.45, 2.75) is 70.1 Å². The fourth-order valence-electron chi connectivity index (χ4n) is 4.54. The van der Waals surface area contributed by atoms with Crippen molar-refractivity contribution in [2.24, 2.45) is 0 Å². The molecule has 0 fully saturated rings. The van der Waals surface area contributed by atoms with Gasteiger partial charge >= 0.3 is 0 Å². The van der Waals surface area contributed by atoms with Crippen LogP contribution in [-0.2, 0) is 10.8 Å². The average molecular weight is 344 g/mol. The maximum atomic E-state index is 16.4. The van der Waals surface area contributed by atoms with Gasteiger partial charge in [0.15, 0.2) is 0 Å². The van der Waals surface area contributed by atoms with Gasteiger partial charge in [0, 0.05) is 0 Å². The minimum Gasteiger partial charge on any atom is -0.205 e. The van der Waals surface area contributed by atoms with Crippen molar-refractivity contribution in [3.63, 3.8) is 0 Å². The van der Waals surface area contributed by atoms with E-state index in [1.807, 2.05) is 88.4 Å². The van der Waals surface area contributed by atoms with E-state index in [0.717, 1.165) is 11.1 Å². The van der Waals surface area contributed by atoms with E-state index in [9.17, 15) is 0 Å². The standard InChI is InChI=1S/C23H30F2/c1-5-21(6-2,19-15-11-9-12-16-19)23(24,25)22(7-3,8-4)20-17-13-10-14-18-20/h9-18H,5-8H2,1-4H3. The van der Waals surface area contributed by atoms with Gasteiger partial charge in [0.2, 0.25) is 0 Å². The molecule has 0 atom stereocenters. The topological polar surface area (TPSA) is 0 Å². The first-order chi connectivity index (χ1) is 12.0. The molecule has 0 heterocycles. The Morgan fingerprint density at radius 2 is 0.840 bits per heavy atom. The molecule has 0 spiro atoms. The first-order valence-electron chi connectivity index (χ1n) is 9.44. The molecule has 0 aromatic heterocycles. The van der Waals surface area contributed by atoms with Crippen LogP contribution in [0.4, 0.5) is 8.78 Å². The predicted octanol–water partition coefficient (Wildman–Crippen LogP) is 7.14. The second-order valence-electron chi connectivity index (χ2n) is 6.88. The van der Waals surface area contributed by atoms with Crippen LogP contribution in [-0.4, -0.2) is 5.92 Å². The lowest BCUT2D eigenvalue weighted by molar-refractivity contribution is -0.151. The van der Waals surface area contributed by atoms with E-state index in [1.165, 1.54) is 0 Å². The molecule has 0 N–H and O–H groups in total. The van der Waals surface area contributed by atoms with Crippen molar-refractivity contribution in [1.29, 1.82) is 0 Å². The number of hydrogen-bond donors (Lipinski definition) is 0. The molecule has 0 unspecified atom stereocenters. The van der Waals surface area contributed by atoms with E-state index in [2.05, 4.69) is 0 Å². The molecule has 2 heteroatoms. The lowest BCUT2D eigenvalue weighted by Crippen LogP contribution is -2.58. The van der Waals surface area contributed by atoms with Crippen molar-refractivity contribution >= 4 is 0 Å². The van der Waals surface area contributed by atoms with Crippen LogP contribution >= 0.6 is 0 Å². The van der Waals surface area contributed by atoms with E-state index >= 15 is 8.78 Å². The van der Waals surface area contributed by atoms with Crippen LogP contribution in [0.3, 0.4) is 0 Å². The Balaban J connectivity index is 2.73. The molecule has 2 rings (SSSR count). The molecule has 0 amide bonds. The average Bonchev–Trinajstić information content (AvgIpc) is 2.66. The van der Waals surface area contributed by atoms with Crippen molar-refractivity contribution in [1.82, 2.24) is 0 Å². The van der Waals surface area contributed by atoms with Crippen LogP contribution in [0.25, 0.3) is 0 Å². The summed E-state index contributed by atoms with van der Waals surface area (Å²) in [5.74, 6) is -2.87. The molecule has 0 saturated heterocycles. The molecular formula is C23H30F2. The van der Waals surface area contributed by atoms with Gasteiger partial charge in [0.05, 0.1) is 10.8 Å². The summed E-state index contributed by atoms with van der Waals surface area (Å²) in [6.07, 6.45) is 1.65. The number of alkyl halides is 2. The van der Waals surface area contributed by atoms with Gasteiger partial charge in [-0.3, -0.25) is 0 Å². The Morgan fingerprint density at radius 1 is 0.560 bits per heavy atom. The summed E-state index contributed by atoms with van der Waals surface area (Å²) in [5.41, 5.74) is -0.855. The summed E-state index contributed by atoms with van der Waals surface area (Å²) < 4.78 is 32.9. The summed E-state index contributed by atoms with van der Waals surface area (Å²) >= 11 is 0. The van der Waals surface area contributed by atoms with Crippen LogP contribution in [0.1, 0.15) is 64.5 Å². The van der Waals surface area contributed by atoms with Gasteiger partial charge in [-0.2, -0.15) is 0 Å². The third-order valence-electron chi connectivity index (χ3n) is 6.27. The van der Waals surface area contributed by atoms with E-state index in [4.69, 9.17) is 0 Å². The smallest absolute Gasteiger partial charge is 0.205 e. The summed E-state index contributed by atoms with van der Waals surface area (Å²) in [6, 6.07) is 18.7. The van der Waals surface area contributed by atoms with Gasteiger partial charge in [0.25, 0.3) is 5.92 Å². The number of halogens is 2. The third kappa shape index (κ3) is 2.90. The second-order valence-corrected chi connectivity index (χ2v) is 6.88. The van der Waals surface area contributed by atoms with Gasteiger partial charge < -0.3 is 0 Å². The highest BCUT2D eigenvalue weighted by Gasteiger charge is 2.63. The Bertz CT molecular complexity index is 581. The molecular weight excluding hydrogens is 314 g/mol. The minimum absolute atomic E-state index is 0.412. The molecule has 0 aliphatic rings. The van der Waals surface area contributed by atoms with E-state index < -0.39 is 16.8 Å². The van der Waals surface area contributed by atoms with Crippen molar-refractivity contribution in [3.05, 3.63) is 71.8 Å². The molecule has 136 valence electrons. The Labute approximate surface area is 151 Å². The van der Waals surface area contributed by atoms with Crippen LogP contribution in [0.15, 0.2) is 60.7 Å². The summed E-state index contributed by atoms with van der Waals surface area (Å²) in [5, 5.41) is 0. The van der Waals surface area contributed by atoms with E-state index in [-0.39, 0.29) is 0 Å². The van der Waals surface area contributed by atoms with Gasteiger partial charge in [-0.25, -0.2) is 8.78 Å². The SMILES string of the molecule is CCC(CC)(c1ccccc1)C(F)(F)C(CC)(CC)c1ccccc1. The monoisotopic (exact) mass is 344 g/mol. The fraction of sp³-hybridized carbons (Fsp3) is 0.478. The molecule has 0 radical (unpaired) electrons. The fourth-order valence-corrected chi connectivity index (χ4v) is 4.54. The Hall–Kier alpha value is -1.70. The summed E-state index contributed by atoms with van der Waals surface area (Å²) in [4.78, 5) is 0. The molecule has 25 heavy (non-hydrogen) atoms. The predicted molar refractivity (Wildman–Crippen MR) is 102 cm³/mol. The van der Waals surface area contributed by atoms with Gasteiger partial charge in [-0.15, -0.1) is 0 Å².